The second-order valence-corrected chi connectivity index (χ2v) is 11.4. The first-order chi connectivity index (χ1) is 15.5. The van der Waals surface area contributed by atoms with Crippen LogP contribution in [-0.2, 0) is 24.8 Å². The van der Waals surface area contributed by atoms with Gasteiger partial charge in [-0.05, 0) is 42.5 Å². The number of sulfonamides is 2. The van der Waals surface area contributed by atoms with Crippen molar-refractivity contribution < 1.29 is 21.6 Å². The Morgan fingerprint density at radius 3 is 2.09 bits per heavy atom. The third-order valence-electron chi connectivity index (χ3n) is 3.89. The zero-order valence-corrected chi connectivity index (χ0v) is 21.0. The Bertz CT molecular complexity index is 1370. The molecule has 0 unspecified atom stereocenters. The van der Waals surface area contributed by atoms with Crippen LogP contribution in [0.25, 0.3) is 0 Å². The molecule has 0 aliphatic rings. The summed E-state index contributed by atoms with van der Waals surface area (Å²) in [4.78, 5) is 19.3. The van der Waals surface area contributed by atoms with Gasteiger partial charge in [0.1, 0.15) is 4.90 Å². The monoisotopic (exact) mass is 593 g/mol. The maximum Gasteiger partial charge on any atom is 0.264 e. The zero-order chi connectivity index (χ0) is 24.2. The summed E-state index contributed by atoms with van der Waals surface area (Å²) in [5.41, 5.74) is 0.244. The molecule has 174 valence electrons. The minimum Gasteiger partial charge on any atom is -0.325 e. The van der Waals surface area contributed by atoms with Crippen LogP contribution in [0.5, 0.6) is 0 Å². The minimum absolute atomic E-state index is 0.0897. The molecule has 3 aromatic rings. The number of carbonyl (C=O) groups excluding carboxylic acids is 1. The van der Waals surface area contributed by atoms with Crippen LogP contribution in [0.15, 0.2) is 69.1 Å². The molecule has 0 aliphatic heterocycles. The van der Waals surface area contributed by atoms with Crippen LogP contribution in [0.2, 0.25) is 10.0 Å². The van der Waals surface area contributed by atoms with Crippen LogP contribution in [0.1, 0.15) is 0 Å². The molecule has 15 heteroatoms. The van der Waals surface area contributed by atoms with Gasteiger partial charge in [0.05, 0.1) is 21.5 Å². The first-order valence-corrected chi connectivity index (χ1v) is 13.3. The molecule has 0 radical (unpaired) electrons. The topological polar surface area (TPSA) is 147 Å². The molecule has 0 bridgehead atoms. The highest BCUT2D eigenvalue weighted by atomic mass is 79.9. The lowest BCUT2D eigenvalue weighted by molar-refractivity contribution is -0.115. The summed E-state index contributed by atoms with van der Waals surface area (Å²) in [5, 5.41) is 2.22. The lowest BCUT2D eigenvalue weighted by Crippen LogP contribution is -2.33. The molecule has 3 N–H and O–H groups in total. The van der Waals surface area contributed by atoms with E-state index in [4.69, 9.17) is 23.2 Å². The molecular weight excluding hydrogens is 581 g/mol. The van der Waals surface area contributed by atoms with Gasteiger partial charge in [0.2, 0.25) is 21.9 Å². The standard InChI is InChI=1S/C18H14BrCl2N5O5S2/c19-11-8-14(20)17(15(21)9-11)33(30,31)24-10-16(27)25-12-2-4-13(5-3-12)32(28,29)26-18-22-6-1-7-23-18/h1-9,24H,10H2,(H,25,27)(H,22,23,26). The van der Waals surface area contributed by atoms with Gasteiger partial charge in [0.25, 0.3) is 10.0 Å². The van der Waals surface area contributed by atoms with Crippen molar-refractivity contribution in [3.63, 3.8) is 0 Å². The van der Waals surface area contributed by atoms with E-state index in [0.717, 1.165) is 0 Å². The van der Waals surface area contributed by atoms with Gasteiger partial charge in [0, 0.05) is 22.6 Å². The number of hydrogen-bond donors (Lipinski definition) is 3. The number of aromatic nitrogens is 2. The molecule has 0 saturated carbocycles. The van der Waals surface area contributed by atoms with Crippen LogP contribution in [0.4, 0.5) is 11.6 Å². The molecule has 0 fully saturated rings. The highest BCUT2D eigenvalue weighted by Gasteiger charge is 2.23. The highest BCUT2D eigenvalue weighted by molar-refractivity contribution is 9.10. The van der Waals surface area contributed by atoms with Gasteiger partial charge in [-0.3, -0.25) is 4.79 Å². The number of amides is 1. The Labute approximate surface area is 208 Å². The largest absolute Gasteiger partial charge is 0.325 e. The molecule has 3 rings (SSSR count). The number of anilines is 2. The predicted octanol–water partition coefficient (Wildman–Crippen LogP) is 3.26. The molecular formula is C18H14BrCl2N5O5S2. The van der Waals surface area contributed by atoms with Gasteiger partial charge in [-0.15, -0.1) is 0 Å². The summed E-state index contributed by atoms with van der Waals surface area (Å²) >= 11 is 15.1. The Kier molecular flexibility index (Phi) is 7.92. The van der Waals surface area contributed by atoms with E-state index >= 15 is 0 Å². The lowest BCUT2D eigenvalue weighted by atomic mass is 10.3. The second-order valence-electron chi connectivity index (χ2n) is 6.27. The molecule has 0 atom stereocenters. The fourth-order valence-electron chi connectivity index (χ4n) is 2.47. The van der Waals surface area contributed by atoms with Crippen LogP contribution in [0, 0.1) is 0 Å². The van der Waals surface area contributed by atoms with E-state index in [-0.39, 0.29) is 31.5 Å². The van der Waals surface area contributed by atoms with Gasteiger partial charge in [0.15, 0.2) is 0 Å². The van der Waals surface area contributed by atoms with Crippen molar-refractivity contribution in [3.8, 4) is 0 Å². The van der Waals surface area contributed by atoms with Crippen molar-refractivity contribution in [2.45, 2.75) is 9.79 Å². The molecule has 1 aromatic heterocycles. The average molecular weight is 595 g/mol. The van der Waals surface area contributed by atoms with Crippen LogP contribution >= 0.6 is 39.1 Å². The van der Waals surface area contributed by atoms with E-state index in [1.807, 2.05) is 0 Å². The van der Waals surface area contributed by atoms with Gasteiger partial charge >= 0.3 is 0 Å². The zero-order valence-electron chi connectivity index (χ0n) is 16.3. The van der Waals surface area contributed by atoms with Gasteiger partial charge in [-0.2, -0.15) is 0 Å². The summed E-state index contributed by atoms with van der Waals surface area (Å²) in [5.74, 6) is -0.789. The lowest BCUT2D eigenvalue weighted by Gasteiger charge is -2.11. The quantitative estimate of drug-likeness (QED) is 0.362. The van der Waals surface area contributed by atoms with E-state index in [2.05, 4.69) is 40.7 Å². The van der Waals surface area contributed by atoms with Crippen molar-refractivity contribution in [1.82, 2.24) is 14.7 Å². The Morgan fingerprint density at radius 1 is 0.939 bits per heavy atom. The van der Waals surface area contributed by atoms with Crippen molar-refractivity contribution in [2.75, 3.05) is 16.6 Å². The van der Waals surface area contributed by atoms with Gasteiger partial charge in [-0.1, -0.05) is 39.1 Å². The molecule has 1 heterocycles. The molecule has 0 spiro atoms. The SMILES string of the molecule is O=C(CNS(=O)(=O)c1c(Cl)cc(Br)cc1Cl)Nc1ccc(S(=O)(=O)Nc2ncccn2)cc1. The summed E-state index contributed by atoms with van der Waals surface area (Å²) in [6, 6.07) is 9.45. The Balaban J connectivity index is 1.63. The summed E-state index contributed by atoms with van der Waals surface area (Å²) < 4.78 is 54.6. The van der Waals surface area contributed by atoms with Crippen molar-refractivity contribution in [2.24, 2.45) is 0 Å². The number of benzene rings is 2. The normalized spacial score (nSPS) is 11.7. The van der Waals surface area contributed by atoms with E-state index in [0.29, 0.717) is 4.47 Å². The van der Waals surface area contributed by atoms with E-state index in [9.17, 15) is 21.6 Å². The smallest absolute Gasteiger partial charge is 0.264 e. The first-order valence-electron chi connectivity index (χ1n) is 8.82. The van der Waals surface area contributed by atoms with E-state index < -0.39 is 32.5 Å². The summed E-state index contributed by atoms with van der Waals surface area (Å²) in [7, 11) is -8.11. The molecule has 33 heavy (non-hydrogen) atoms. The molecule has 10 nitrogen and oxygen atoms in total. The van der Waals surface area contributed by atoms with Gasteiger partial charge in [-0.25, -0.2) is 36.2 Å². The van der Waals surface area contributed by atoms with E-state index in [1.165, 1.54) is 54.9 Å². The minimum atomic E-state index is -4.18. The fraction of sp³-hybridized carbons (Fsp3) is 0.0556. The number of rotatable bonds is 8. The molecule has 0 aliphatic carbocycles. The number of nitrogens with one attached hydrogen (secondary N) is 3. The molecule has 2 aromatic carbocycles. The Hall–Kier alpha value is -2.29. The van der Waals surface area contributed by atoms with Crippen molar-refractivity contribution >= 4 is 76.7 Å². The molecule has 0 saturated heterocycles. The second kappa shape index (κ2) is 10.3. The number of nitrogens with zero attached hydrogens (tertiary/aromatic N) is 2. The van der Waals surface area contributed by atoms with Crippen molar-refractivity contribution in [3.05, 3.63) is 69.4 Å². The molecule has 1 amide bonds. The fourth-order valence-corrected chi connectivity index (χ4v) is 6.34. The number of hydrogen-bond acceptors (Lipinski definition) is 7. The third-order valence-corrected chi connectivity index (χ3v) is 8.02. The van der Waals surface area contributed by atoms with Crippen LogP contribution in [0.3, 0.4) is 0 Å². The third kappa shape index (κ3) is 6.62. The first kappa shape index (κ1) is 25.3. The number of halogens is 3. The maximum atomic E-state index is 12.5. The van der Waals surface area contributed by atoms with Crippen molar-refractivity contribution in [1.29, 1.82) is 0 Å². The average Bonchev–Trinajstić information content (AvgIpc) is 2.72. The summed E-state index contributed by atoms with van der Waals surface area (Å²) in [6.45, 7) is -0.613. The Morgan fingerprint density at radius 2 is 1.52 bits per heavy atom. The highest BCUT2D eigenvalue weighted by Crippen LogP contribution is 2.32. The van der Waals surface area contributed by atoms with E-state index in [1.54, 1.807) is 0 Å². The van der Waals surface area contributed by atoms with Gasteiger partial charge < -0.3 is 5.32 Å². The predicted molar refractivity (Wildman–Crippen MR) is 127 cm³/mol. The van der Waals surface area contributed by atoms with Crippen LogP contribution in [-0.4, -0.2) is 39.3 Å². The summed E-state index contributed by atoms with van der Waals surface area (Å²) in [6.07, 6.45) is 2.77. The maximum absolute atomic E-state index is 12.5. The number of carbonyl (C=O) groups is 1. The van der Waals surface area contributed by atoms with Crippen LogP contribution < -0.4 is 14.8 Å².